The second-order valence-electron chi connectivity index (χ2n) is 17.4. The fourth-order valence-electron chi connectivity index (χ4n) is 9.52. The predicted octanol–water partition coefficient (Wildman–Crippen LogP) is 6.16. The Hall–Kier alpha value is -5.10. The number of halogens is 4. The number of aromatic nitrogens is 3. The number of carbonyl (C=O) groups is 4. The number of nitrogens with one attached hydrogen (secondary N) is 1. The number of hydrogen-bond donors (Lipinski definition) is 2. The highest BCUT2D eigenvalue weighted by molar-refractivity contribution is 6.33. The molecule has 15 nitrogen and oxygen atoms in total. The Labute approximate surface area is 375 Å². The minimum atomic E-state index is -4.80. The Balaban J connectivity index is 0.904. The maximum atomic E-state index is 14.2. The Kier molecular flexibility index (Phi) is 15.6. The molecular formula is C45H58ClF3N8O7. The van der Waals surface area contributed by atoms with Gasteiger partial charge in [-0.3, -0.25) is 19.4 Å². The van der Waals surface area contributed by atoms with Crippen molar-refractivity contribution in [1.82, 2.24) is 34.4 Å². The van der Waals surface area contributed by atoms with Gasteiger partial charge in [-0.05, 0) is 100 Å². The van der Waals surface area contributed by atoms with E-state index < -0.39 is 35.5 Å². The van der Waals surface area contributed by atoms with Gasteiger partial charge in [0.2, 0.25) is 5.91 Å². The Bertz CT molecular complexity index is 2150. The van der Waals surface area contributed by atoms with Crippen LogP contribution < -0.4 is 11.4 Å². The van der Waals surface area contributed by atoms with E-state index in [1.54, 1.807) is 4.90 Å². The summed E-state index contributed by atoms with van der Waals surface area (Å²) in [5.41, 5.74) is 4.36. The van der Waals surface area contributed by atoms with Gasteiger partial charge in [0.15, 0.2) is 11.9 Å². The molecule has 19 heteroatoms. The lowest BCUT2D eigenvalue weighted by molar-refractivity contribution is -0.145. The highest BCUT2D eigenvalue weighted by Gasteiger charge is 2.38. The molecule has 4 aliphatic heterocycles. The number of alkyl halides is 3. The van der Waals surface area contributed by atoms with Crippen LogP contribution in [-0.2, 0) is 36.5 Å². The number of esters is 1. The van der Waals surface area contributed by atoms with Gasteiger partial charge in [-0.1, -0.05) is 41.9 Å². The highest BCUT2D eigenvalue weighted by Crippen LogP contribution is 2.39. The van der Waals surface area contributed by atoms with Gasteiger partial charge in [-0.15, -0.1) is 5.10 Å². The van der Waals surface area contributed by atoms with Crippen molar-refractivity contribution in [2.75, 3.05) is 71.2 Å². The molecule has 348 valence electrons. The standard InChI is InChI=1S/C45H58ClF3N8O7/c46-36-28-30(27-35(40(36)50)45(47,48)49)29-37(64-44(62)56-24-14-34(15-25-56)57-43(61)51-41(52-57)33-7-2-1-3-8-33)42(60)55-22-12-32(13-23-55)31-10-19-53(20-11-31)21-16-39(59)63-26-6-18-54-17-5-4-9-38(54)58/h1-3,7-8,27-28,31-32,34,37H,4-6,9-26,29,50H2,(H,51,52,61)/t37-/m1/s1. The lowest BCUT2D eigenvalue weighted by Gasteiger charge is -2.41. The van der Waals surface area contributed by atoms with Crippen LogP contribution in [-0.4, -0.2) is 130 Å². The zero-order valence-electron chi connectivity index (χ0n) is 36.0. The van der Waals surface area contributed by atoms with Crippen LogP contribution in [0.1, 0.15) is 87.8 Å². The van der Waals surface area contributed by atoms with Crippen LogP contribution in [0, 0.1) is 11.8 Å². The van der Waals surface area contributed by atoms with Crippen molar-refractivity contribution in [3.05, 3.63) is 69.1 Å². The van der Waals surface area contributed by atoms with E-state index >= 15 is 0 Å². The smallest absolute Gasteiger partial charge is 0.418 e. The van der Waals surface area contributed by atoms with Gasteiger partial charge >= 0.3 is 23.9 Å². The lowest BCUT2D eigenvalue weighted by Crippen LogP contribution is -2.49. The third-order valence-electron chi connectivity index (χ3n) is 13.2. The number of H-pyrrole nitrogens is 1. The number of rotatable bonds is 14. The van der Waals surface area contributed by atoms with E-state index in [0.717, 1.165) is 69.8 Å². The number of amides is 3. The molecule has 4 fully saturated rings. The van der Waals surface area contributed by atoms with E-state index in [2.05, 4.69) is 15.0 Å². The zero-order chi connectivity index (χ0) is 45.4. The topological polar surface area (TPSA) is 176 Å². The number of aromatic amines is 1. The molecule has 0 bridgehead atoms. The second-order valence-corrected chi connectivity index (χ2v) is 17.8. The first-order valence-electron chi connectivity index (χ1n) is 22.5. The summed E-state index contributed by atoms with van der Waals surface area (Å²) in [4.78, 5) is 75.1. The molecule has 0 unspecified atom stereocenters. The summed E-state index contributed by atoms with van der Waals surface area (Å²) in [7, 11) is 0. The number of nitrogens with two attached hydrogens (primary N) is 1. The molecule has 0 saturated carbocycles. The maximum Gasteiger partial charge on any atom is 0.418 e. The SMILES string of the molecule is Nc1c(Cl)cc(C[C@@H](OC(=O)N2CCC(n3nc(-c4ccccc4)[nH]c3=O)CC2)C(=O)N2CCC(C3CCN(CCC(=O)OCCCN4CCCCC4=O)CC3)CC2)cc1C(F)(F)F. The predicted molar refractivity (Wildman–Crippen MR) is 232 cm³/mol. The number of benzene rings is 2. The van der Waals surface area contributed by atoms with E-state index in [-0.39, 0.29) is 53.7 Å². The molecule has 3 N–H and O–H groups in total. The van der Waals surface area contributed by atoms with E-state index in [9.17, 15) is 37.1 Å². The number of likely N-dealkylation sites (tertiary alicyclic amines) is 4. The lowest BCUT2D eigenvalue weighted by atomic mass is 9.78. The monoisotopic (exact) mass is 914 g/mol. The van der Waals surface area contributed by atoms with Crippen molar-refractivity contribution in [2.45, 2.75) is 95.4 Å². The van der Waals surface area contributed by atoms with E-state index in [1.807, 2.05) is 35.2 Å². The summed E-state index contributed by atoms with van der Waals surface area (Å²) >= 11 is 6.15. The van der Waals surface area contributed by atoms with E-state index in [4.69, 9.17) is 26.8 Å². The molecule has 0 radical (unpaired) electrons. The molecule has 2 aromatic carbocycles. The van der Waals surface area contributed by atoms with Crippen molar-refractivity contribution >= 4 is 41.2 Å². The van der Waals surface area contributed by atoms with Crippen LogP contribution in [0.15, 0.2) is 47.3 Å². The Morgan fingerprint density at radius 3 is 2.22 bits per heavy atom. The molecule has 4 saturated heterocycles. The van der Waals surface area contributed by atoms with Gasteiger partial charge in [0.05, 0.1) is 35.3 Å². The average Bonchev–Trinajstić information content (AvgIpc) is 3.69. The zero-order valence-corrected chi connectivity index (χ0v) is 36.8. The van der Waals surface area contributed by atoms with Crippen molar-refractivity contribution in [1.29, 1.82) is 0 Å². The molecule has 1 atom stereocenters. The minimum absolute atomic E-state index is 0.0453. The quantitative estimate of drug-likeness (QED) is 0.108. The molecule has 5 heterocycles. The molecule has 4 aliphatic rings. The van der Waals surface area contributed by atoms with Crippen molar-refractivity contribution < 1.29 is 41.8 Å². The number of hydrogen-bond acceptors (Lipinski definition) is 10. The number of carbonyl (C=O) groups excluding carboxylic acids is 4. The summed E-state index contributed by atoms with van der Waals surface area (Å²) in [5, 5.41) is 4.17. The summed E-state index contributed by atoms with van der Waals surface area (Å²) in [6.07, 6.45) is 0.261. The normalized spacial score (nSPS) is 19.2. The van der Waals surface area contributed by atoms with Crippen LogP contribution in [0.5, 0.6) is 0 Å². The van der Waals surface area contributed by atoms with Gasteiger partial charge < -0.3 is 34.8 Å². The van der Waals surface area contributed by atoms with Crippen LogP contribution in [0.25, 0.3) is 11.4 Å². The first-order valence-corrected chi connectivity index (χ1v) is 22.9. The van der Waals surface area contributed by atoms with Gasteiger partial charge in [0.25, 0.3) is 5.91 Å². The van der Waals surface area contributed by atoms with Crippen LogP contribution in [0.2, 0.25) is 5.02 Å². The molecule has 0 aliphatic carbocycles. The summed E-state index contributed by atoms with van der Waals surface area (Å²) in [6, 6.07) is 11.0. The molecule has 3 aromatic rings. The first-order chi connectivity index (χ1) is 30.7. The van der Waals surface area contributed by atoms with E-state index in [0.29, 0.717) is 82.6 Å². The molecular weight excluding hydrogens is 857 g/mol. The molecule has 3 amide bonds. The second kappa shape index (κ2) is 21.3. The summed E-state index contributed by atoms with van der Waals surface area (Å²) in [5.74, 6) is 0.672. The third-order valence-corrected chi connectivity index (χ3v) is 13.5. The largest absolute Gasteiger partial charge is 0.466 e. The highest BCUT2D eigenvalue weighted by atomic mass is 35.5. The van der Waals surface area contributed by atoms with Gasteiger partial charge in [0, 0.05) is 64.2 Å². The van der Waals surface area contributed by atoms with Crippen molar-refractivity contribution in [3.63, 3.8) is 0 Å². The Morgan fingerprint density at radius 1 is 0.875 bits per heavy atom. The number of ether oxygens (including phenoxy) is 2. The fraction of sp³-hybridized carbons (Fsp3) is 0.600. The minimum Gasteiger partial charge on any atom is -0.466 e. The summed E-state index contributed by atoms with van der Waals surface area (Å²) < 4.78 is 54.5. The number of nitrogens with zero attached hydrogens (tertiary/aromatic N) is 6. The molecule has 64 heavy (non-hydrogen) atoms. The Morgan fingerprint density at radius 2 is 1.55 bits per heavy atom. The van der Waals surface area contributed by atoms with Crippen LogP contribution >= 0.6 is 11.6 Å². The average molecular weight is 915 g/mol. The molecule has 7 rings (SSSR count). The van der Waals surface area contributed by atoms with Gasteiger partial charge in [-0.2, -0.15) is 13.2 Å². The van der Waals surface area contributed by atoms with Crippen molar-refractivity contribution in [3.8, 4) is 11.4 Å². The van der Waals surface area contributed by atoms with Crippen LogP contribution in [0.4, 0.5) is 23.7 Å². The van der Waals surface area contributed by atoms with E-state index in [1.165, 1.54) is 15.6 Å². The van der Waals surface area contributed by atoms with Gasteiger partial charge in [0.1, 0.15) is 0 Å². The number of nitrogen functional groups attached to an aromatic ring is 1. The van der Waals surface area contributed by atoms with Crippen LogP contribution in [0.3, 0.4) is 0 Å². The third kappa shape index (κ3) is 12.0. The number of piperidine rings is 4. The first kappa shape index (κ1) is 46.9. The molecule has 0 spiro atoms. The van der Waals surface area contributed by atoms with Gasteiger partial charge in [-0.25, -0.2) is 14.3 Å². The van der Waals surface area contributed by atoms with Crippen molar-refractivity contribution in [2.24, 2.45) is 11.8 Å². The summed E-state index contributed by atoms with van der Waals surface area (Å²) in [6.45, 7) is 5.21. The fourth-order valence-corrected chi connectivity index (χ4v) is 9.77. The maximum absolute atomic E-state index is 14.2. The number of anilines is 1. The molecule has 1 aromatic heterocycles.